The van der Waals surface area contributed by atoms with Crippen LogP contribution < -0.4 is 9.64 Å². The van der Waals surface area contributed by atoms with Gasteiger partial charge in [0.25, 0.3) is 0 Å². The molecule has 0 amide bonds. The van der Waals surface area contributed by atoms with E-state index in [2.05, 4.69) is 16.0 Å². The molecule has 1 N–H and O–H groups in total. The summed E-state index contributed by atoms with van der Waals surface area (Å²) >= 11 is 1.70. The number of aliphatic imine (C=N–C) groups is 1. The number of anilines is 1. The van der Waals surface area contributed by atoms with Crippen molar-refractivity contribution in [1.82, 2.24) is 0 Å². The van der Waals surface area contributed by atoms with E-state index in [1.807, 2.05) is 37.4 Å². The Labute approximate surface area is 156 Å². The molecule has 0 aliphatic carbocycles. The van der Waals surface area contributed by atoms with Gasteiger partial charge in [0.1, 0.15) is 5.75 Å². The lowest BCUT2D eigenvalue weighted by Crippen LogP contribution is -2.09. The monoisotopic (exact) mass is 366 g/mol. The summed E-state index contributed by atoms with van der Waals surface area (Å²) in [6, 6.07) is 12.5. The van der Waals surface area contributed by atoms with Crippen LogP contribution in [0.1, 0.15) is 10.4 Å². The molecule has 0 fully saturated rings. The number of nitrogens with zero attached hydrogens (tertiary/aromatic N) is 2. The minimum atomic E-state index is -0.941. The molecule has 0 spiro atoms. The smallest absolute Gasteiger partial charge is 0.335 e. The fourth-order valence-electron chi connectivity index (χ4n) is 2.42. The molecular weight excluding hydrogens is 348 g/mol. The standard InChI is InChI=1S/C20H18N2O3S/c1-22-17-13-16(25-2)10-11-18(17)26-19(22)5-3-4-12-21-15-8-6-14(7-9-15)20(23)24/h3-13H,1-2H3,(H,23,24)/b4-3-,19-5-,21-12?. The fourth-order valence-corrected chi connectivity index (χ4v) is 3.47. The lowest BCUT2D eigenvalue weighted by atomic mass is 10.2. The van der Waals surface area contributed by atoms with Crippen LogP contribution in [0, 0.1) is 0 Å². The van der Waals surface area contributed by atoms with Gasteiger partial charge >= 0.3 is 5.97 Å². The molecule has 1 aliphatic heterocycles. The maximum atomic E-state index is 10.8. The minimum Gasteiger partial charge on any atom is -0.497 e. The van der Waals surface area contributed by atoms with Crippen molar-refractivity contribution in [2.45, 2.75) is 4.90 Å². The minimum absolute atomic E-state index is 0.252. The Morgan fingerprint density at radius 1 is 1.19 bits per heavy atom. The summed E-state index contributed by atoms with van der Waals surface area (Å²) in [5.41, 5.74) is 2.09. The van der Waals surface area contributed by atoms with Crippen molar-refractivity contribution in [3.8, 4) is 5.75 Å². The van der Waals surface area contributed by atoms with Gasteiger partial charge < -0.3 is 14.7 Å². The van der Waals surface area contributed by atoms with Crippen LogP contribution in [0.5, 0.6) is 5.75 Å². The number of ether oxygens (including phenoxy) is 1. The molecule has 132 valence electrons. The van der Waals surface area contributed by atoms with E-state index in [1.54, 1.807) is 37.2 Å². The molecule has 0 radical (unpaired) electrons. The summed E-state index contributed by atoms with van der Waals surface area (Å²) in [5, 5.41) is 9.99. The molecule has 2 aromatic rings. The molecule has 2 aromatic carbocycles. The molecule has 3 rings (SSSR count). The van der Waals surface area contributed by atoms with Crippen molar-refractivity contribution < 1.29 is 14.6 Å². The summed E-state index contributed by atoms with van der Waals surface area (Å²) in [4.78, 5) is 18.4. The number of aromatic carboxylic acids is 1. The van der Waals surface area contributed by atoms with Crippen molar-refractivity contribution in [3.05, 3.63) is 71.3 Å². The van der Waals surface area contributed by atoms with Crippen LogP contribution in [0.4, 0.5) is 11.4 Å². The van der Waals surface area contributed by atoms with Gasteiger partial charge in [0.2, 0.25) is 0 Å². The molecule has 0 aromatic heterocycles. The summed E-state index contributed by atoms with van der Waals surface area (Å²) in [6.07, 6.45) is 7.48. The maximum Gasteiger partial charge on any atom is 0.335 e. The zero-order valence-electron chi connectivity index (χ0n) is 14.4. The number of carbonyl (C=O) groups is 1. The average Bonchev–Trinajstić information content (AvgIpc) is 2.97. The molecule has 1 heterocycles. The third kappa shape index (κ3) is 3.97. The summed E-state index contributed by atoms with van der Waals surface area (Å²) < 4.78 is 5.28. The van der Waals surface area contributed by atoms with Crippen LogP contribution in [-0.2, 0) is 0 Å². The van der Waals surface area contributed by atoms with Gasteiger partial charge in [0, 0.05) is 24.2 Å². The van der Waals surface area contributed by atoms with Gasteiger partial charge in [-0.25, -0.2) is 4.79 Å². The largest absolute Gasteiger partial charge is 0.497 e. The topological polar surface area (TPSA) is 62.1 Å². The Hall–Kier alpha value is -2.99. The molecule has 0 saturated carbocycles. The van der Waals surface area contributed by atoms with E-state index in [0.717, 1.165) is 16.5 Å². The van der Waals surface area contributed by atoms with Crippen LogP contribution in [-0.4, -0.2) is 31.4 Å². The van der Waals surface area contributed by atoms with E-state index in [1.165, 1.54) is 17.0 Å². The predicted octanol–water partition coefficient (Wildman–Crippen LogP) is 4.74. The summed E-state index contributed by atoms with van der Waals surface area (Å²) in [7, 11) is 3.69. The first-order valence-electron chi connectivity index (χ1n) is 7.92. The Bertz CT molecular complexity index is 902. The quantitative estimate of drug-likeness (QED) is 0.775. The highest BCUT2D eigenvalue weighted by molar-refractivity contribution is 8.03. The van der Waals surface area contributed by atoms with Gasteiger partial charge in [0.15, 0.2) is 0 Å². The lowest BCUT2D eigenvalue weighted by molar-refractivity contribution is 0.0697. The molecule has 26 heavy (non-hydrogen) atoms. The fraction of sp³-hybridized carbons (Fsp3) is 0.100. The first-order chi connectivity index (χ1) is 12.6. The van der Waals surface area contributed by atoms with Gasteiger partial charge in [-0.2, -0.15) is 0 Å². The third-order valence-electron chi connectivity index (χ3n) is 3.85. The highest BCUT2D eigenvalue weighted by Gasteiger charge is 2.21. The number of carboxylic acid groups (broad SMARTS) is 1. The van der Waals surface area contributed by atoms with Crippen LogP contribution in [0.3, 0.4) is 0 Å². The van der Waals surface area contributed by atoms with Crippen molar-refractivity contribution in [1.29, 1.82) is 0 Å². The second kappa shape index (κ2) is 7.93. The highest BCUT2D eigenvalue weighted by Crippen LogP contribution is 2.46. The normalized spacial score (nSPS) is 15.2. The van der Waals surface area contributed by atoms with Crippen molar-refractivity contribution in [2.75, 3.05) is 19.1 Å². The highest BCUT2D eigenvalue weighted by atomic mass is 32.2. The molecule has 1 aliphatic rings. The van der Waals surface area contributed by atoms with E-state index in [4.69, 9.17) is 9.84 Å². The molecule has 0 bridgehead atoms. The van der Waals surface area contributed by atoms with E-state index >= 15 is 0 Å². The van der Waals surface area contributed by atoms with Crippen molar-refractivity contribution in [2.24, 2.45) is 4.99 Å². The molecular formula is C20H18N2O3S. The molecule has 0 saturated heterocycles. The summed E-state index contributed by atoms with van der Waals surface area (Å²) in [6.45, 7) is 0. The number of methoxy groups -OCH3 is 1. The van der Waals surface area contributed by atoms with Crippen molar-refractivity contribution in [3.63, 3.8) is 0 Å². The zero-order valence-corrected chi connectivity index (χ0v) is 15.2. The number of hydrogen-bond acceptors (Lipinski definition) is 5. The number of benzene rings is 2. The lowest BCUT2D eigenvalue weighted by Gasteiger charge is -2.13. The number of hydrogen-bond donors (Lipinski definition) is 1. The van der Waals surface area contributed by atoms with E-state index < -0.39 is 5.97 Å². The van der Waals surface area contributed by atoms with Crippen LogP contribution in [0.2, 0.25) is 0 Å². The number of thioether (sulfide) groups is 1. The average molecular weight is 366 g/mol. The number of rotatable bonds is 5. The van der Waals surface area contributed by atoms with Crippen LogP contribution in [0.25, 0.3) is 0 Å². The number of carboxylic acids is 1. The molecule has 0 unspecified atom stereocenters. The van der Waals surface area contributed by atoms with E-state index in [9.17, 15) is 4.79 Å². The van der Waals surface area contributed by atoms with Crippen molar-refractivity contribution >= 4 is 35.3 Å². The van der Waals surface area contributed by atoms with Crippen LogP contribution in [0.15, 0.2) is 75.6 Å². The van der Waals surface area contributed by atoms with Gasteiger partial charge in [-0.05, 0) is 48.6 Å². The Morgan fingerprint density at radius 2 is 1.96 bits per heavy atom. The van der Waals surface area contributed by atoms with E-state index in [0.29, 0.717) is 5.69 Å². The number of allylic oxidation sites excluding steroid dienone is 3. The van der Waals surface area contributed by atoms with Gasteiger partial charge in [-0.3, -0.25) is 4.99 Å². The second-order valence-corrected chi connectivity index (χ2v) is 6.58. The van der Waals surface area contributed by atoms with E-state index in [-0.39, 0.29) is 5.56 Å². The van der Waals surface area contributed by atoms with Gasteiger partial charge in [0.05, 0.1) is 29.1 Å². The summed E-state index contributed by atoms with van der Waals surface area (Å²) in [5.74, 6) is -0.0992. The first-order valence-corrected chi connectivity index (χ1v) is 8.74. The Kier molecular flexibility index (Phi) is 5.43. The third-order valence-corrected chi connectivity index (χ3v) is 5.03. The molecule has 5 nitrogen and oxygen atoms in total. The SMILES string of the molecule is COc1ccc2c(c1)N(C)/C(=C/C=C\C=Nc1ccc(C(=O)O)cc1)S2. The predicted molar refractivity (Wildman–Crippen MR) is 106 cm³/mol. The van der Waals surface area contributed by atoms with Gasteiger partial charge in [-0.15, -0.1) is 0 Å². The Balaban J connectivity index is 1.63. The Morgan fingerprint density at radius 3 is 2.65 bits per heavy atom. The maximum absolute atomic E-state index is 10.8. The molecule has 0 atom stereocenters. The van der Waals surface area contributed by atoms with Crippen LogP contribution >= 0.6 is 11.8 Å². The molecule has 6 heteroatoms. The second-order valence-electron chi connectivity index (χ2n) is 5.51. The zero-order chi connectivity index (χ0) is 18.5. The van der Waals surface area contributed by atoms with Gasteiger partial charge in [-0.1, -0.05) is 17.8 Å². The number of fused-ring (bicyclic) bond motifs is 1. The first kappa shape index (κ1) is 17.8.